The Morgan fingerprint density at radius 1 is 1.43 bits per heavy atom. The zero-order valence-corrected chi connectivity index (χ0v) is 8.45. The van der Waals surface area contributed by atoms with Crippen molar-refractivity contribution in [2.24, 2.45) is 0 Å². The monoisotopic (exact) mass is 199 g/mol. The number of nitrogens with zero attached hydrogens (tertiary/aromatic N) is 3. The number of fused-ring (bicyclic) bond motifs is 1. The summed E-state index contributed by atoms with van der Waals surface area (Å²) in [5, 5.41) is 7.64. The van der Waals surface area contributed by atoms with Crippen LogP contribution in [0.4, 0.5) is 0 Å². The summed E-state index contributed by atoms with van der Waals surface area (Å²) in [7, 11) is 0. The Kier molecular flexibility index (Phi) is 2.44. The van der Waals surface area contributed by atoms with Gasteiger partial charge in [-0.25, -0.2) is 0 Å². The molecule has 1 heterocycles. The highest BCUT2D eigenvalue weighted by molar-refractivity contribution is 6.19. The van der Waals surface area contributed by atoms with Crippen LogP contribution in [0.5, 0.6) is 0 Å². The first kappa shape index (κ1) is 9.13. The molecule has 1 aromatic carbocycles. The third-order valence-electron chi connectivity index (χ3n) is 1.80. The van der Waals surface area contributed by atoms with E-state index in [1.807, 2.05) is 24.3 Å². The topological polar surface area (TPSA) is 47.8 Å². The number of aromatic nitrogens is 3. The Hall–Kier alpha value is -1.44. The smallest absolute Gasteiger partial charge is 0.267 e. The zero-order valence-electron chi connectivity index (χ0n) is 7.29. The van der Waals surface area contributed by atoms with E-state index in [1.165, 1.54) is 10.8 Å². The van der Waals surface area contributed by atoms with Crippen molar-refractivity contribution in [2.45, 2.75) is 0 Å². The summed E-state index contributed by atoms with van der Waals surface area (Å²) >= 11 is 2.34. The predicted molar refractivity (Wildman–Crippen MR) is 53.0 cm³/mol. The van der Waals surface area contributed by atoms with Gasteiger partial charge in [-0.15, -0.1) is 5.10 Å². The second-order valence-corrected chi connectivity index (χ2v) is 3.07. The fourth-order valence-electron chi connectivity index (χ4n) is 1.18. The molecule has 0 saturated heterocycles. The third-order valence-corrected chi connectivity index (χ3v) is 1.99. The number of hydrogen-bond acceptors (Lipinski definition) is 3. The lowest BCUT2D eigenvalue weighted by atomic mass is 10.3. The van der Waals surface area contributed by atoms with Gasteiger partial charge in [-0.3, -0.25) is 4.79 Å². The van der Waals surface area contributed by atoms with Gasteiger partial charge >= 0.3 is 0 Å². The Morgan fingerprint density at radius 3 is 3.00 bits per heavy atom. The minimum Gasteiger partial charge on any atom is -0.267 e. The van der Waals surface area contributed by atoms with E-state index in [0.717, 1.165) is 11.0 Å². The number of carbonyl (C=O) groups is 1. The molecule has 4 nitrogen and oxygen atoms in total. The molecule has 0 N–H and O–H groups in total. The third kappa shape index (κ3) is 1.48. The van der Waals surface area contributed by atoms with E-state index >= 15 is 0 Å². The molecule has 0 fully saturated rings. The number of para-hydroxylation sites is 1. The number of benzene rings is 1. The summed E-state index contributed by atoms with van der Waals surface area (Å²) in [5.74, 6) is -0.200. The van der Waals surface area contributed by atoms with Crippen LogP contribution in [0.2, 0.25) is 0 Å². The summed E-state index contributed by atoms with van der Waals surface area (Å²) in [6.07, 6.45) is 1.42. The molecule has 0 aliphatic carbocycles. The molecular weight excluding hydrogens is 193 g/mol. The maximum Gasteiger partial charge on any atom is 0.271 e. The van der Waals surface area contributed by atoms with Gasteiger partial charge in [0.2, 0.25) is 0 Å². The van der Waals surface area contributed by atoms with Crippen LogP contribution in [0, 0.1) is 0 Å². The maximum absolute atomic E-state index is 11.5. The molecule has 0 aliphatic heterocycles. The second kappa shape index (κ2) is 3.74. The minimum atomic E-state index is -0.200. The first-order chi connectivity index (χ1) is 6.83. The number of rotatable bonds is 1. The van der Waals surface area contributed by atoms with Crippen LogP contribution >= 0.6 is 0 Å². The van der Waals surface area contributed by atoms with Crippen molar-refractivity contribution in [1.29, 1.82) is 0 Å². The standard InChI is InChI=1S/C9H6N3O.Al/c1-2-9(13)12-8-6-4-3-5-7(8)10-11-12;/h1-6H;. The van der Waals surface area contributed by atoms with E-state index in [4.69, 9.17) is 0 Å². The van der Waals surface area contributed by atoms with Crippen molar-refractivity contribution in [3.05, 3.63) is 35.3 Å². The van der Waals surface area contributed by atoms with E-state index in [0.29, 0.717) is 0 Å². The molecule has 0 amide bonds. The summed E-state index contributed by atoms with van der Waals surface area (Å²) in [4.78, 5) is 13.1. The Morgan fingerprint density at radius 2 is 2.21 bits per heavy atom. The lowest BCUT2D eigenvalue weighted by molar-refractivity contribution is 0.0957. The average molecular weight is 199 g/mol. The summed E-state index contributed by atoms with van der Waals surface area (Å²) in [5.41, 5.74) is 1.44. The lowest BCUT2D eigenvalue weighted by Gasteiger charge is -1.94. The summed E-state index contributed by atoms with van der Waals surface area (Å²) in [6, 6.07) is 7.33. The number of allylic oxidation sites excluding steroid dienone is 1. The molecule has 0 saturated carbocycles. The van der Waals surface area contributed by atoms with Gasteiger partial charge in [0, 0.05) is 0 Å². The van der Waals surface area contributed by atoms with Crippen molar-refractivity contribution in [2.75, 3.05) is 0 Å². The van der Waals surface area contributed by atoms with Gasteiger partial charge in [0.05, 0.1) is 5.52 Å². The van der Waals surface area contributed by atoms with Crippen LogP contribution < -0.4 is 0 Å². The second-order valence-electron chi connectivity index (χ2n) is 2.69. The highest BCUT2D eigenvalue weighted by Crippen LogP contribution is 2.09. The van der Waals surface area contributed by atoms with E-state index in [2.05, 4.69) is 26.6 Å². The fourth-order valence-corrected chi connectivity index (χ4v) is 1.35. The number of carbonyl (C=O) groups excluding carboxylic acids is 1. The van der Waals surface area contributed by atoms with Crippen molar-refractivity contribution in [3.8, 4) is 0 Å². The first-order valence-electron chi connectivity index (χ1n) is 4.06. The molecule has 0 spiro atoms. The minimum absolute atomic E-state index is 0.200. The first-order valence-corrected chi connectivity index (χ1v) is 4.72. The van der Waals surface area contributed by atoms with E-state index in [1.54, 1.807) is 4.94 Å². The molecule has 0 unspecified atom stereocenters. The molecule has 1 aromatic heterocycles. The quantitative estimate of drug-likeness (QED) is 0.503. The van der Waals surface area contributed by atoms with Crippen LogP contribution in [0.3, 0.4) is 0 Å². The summed E-state index contributed by atoms with van der Waals surface area (Å²) < 4.78 is 1.27. The predicted octanol–water partition coefficient (Wildman–Crippen LogP) is 0.754. The molecule has 2 rings (SSSR count). The Labute approximate surface area is 88.6 Å². The van der Waals surface area contributed by atoms with Gasteiger partial charge in [-0.05, 0) is 18.2 Å². The van der Waals surface area contributed by atoms with Crippen LogP contribution in [0.15, 0.2) is 35.3 Å². The van der Waals surface area contributed by atoms with Crippen molar-refractivity contribution in [3.63, 3.8) is 0 Å². The van der Waals surface area contributed by atoms with Crippen LogP contribution in [-0.2, 0) is 0 Å². The molecule has 2 aromatic rings. The highest BCUT2D eigenvalue weighted by Gasteiger charge is 2.07. The molecule has 0 aliphatic rings. The van der Waals surface area contributed by atoms with Crippen molar-refractivity contribution >= 4 is 33.2 Å². The molecule has 14 heavy (non-hydrogen) atoms. The maximum atomic E-state index is 11.5. The SMILES string of the molecule is O=C(/C=[CH]/[Al])n1nnc2ccccc21. The molecule has 5 heteroatoms. The van der Waals surface area contributed by atoms with Crippen LogP contribution in [-0.4, -0.2) is 37.2 Å². The largest absolute Gasteiger partial charge is 0.271 e. The highest BCUT2D eigenvalue weighted by atomic mass is 27.0. The Bertz CT molecular complexity index is 503. The van der Waals surface area contributed by atoms with Gasteiger partial charge in [0.1, 0.15) is 5.52 Å². The van der Waals surface area contributed by atoms with Crippen molar-refractivity contribution in [1.82, 2.24) is 15.0 Å². The van der Waals surface area contributed by atoms with E-state index in [9.17, 15) is 4.79 Å². The zero-order chi connectivity index (χ0) is 9.97. The fraction of sp³-hybridized carbons (Fsp3) is 0. The molecule has 66 valence electrons. The van der Waals surface area contributed by atoms with Gasteiger partial charge in [0.25, 0.3) is 5.91 Å². The molecule has 0 atom stereocenters. The van der Waals surface area contributed by atoms with Crippen molar-refractivity contribution < 1.29 is 4.79 Å². The van der Waals surface area contributed by atoms with E-state index in [-0.39, 0.29) is 5.91 Å². The van der Waals surface area contributed by atoms with Gasteiger partial charge in [0.15, 0.2) is 16.3 Å². The molecular formula is C9H6AlN3O. The van der Waals surface area contributed by atoms with Crippen LogP contribution in [0.25, 0.3) is 11.0 Å². The lowest BCUT2D eigenvalue weighted by Crippen LogP contribution is -2.08. The normalized spacial score (nSPS) is 11.1. The number of hydrogen-bond donors (Lipinski definition) is 0. The van der Waals surface area contributed by atoms with Crippen LogP contribution in [0.1, 0.15) is 4.79 Å². The van der Waals surface area contributed by atoms with E-state index < -0.39 is 0 Å². The van der Waals surface area contributed by atoms with Gasteiger partial charge in [-0.1, -0.05) is 17.3 Å². The van der Waals surface area contributed by atoms with Gasteiger partial charge < -0.3 is 0 Å². The molecule has 2 radical (unpaired) electrons. The molecule has 0 bridgehead atoms. The average Bonchev–Trinajstić information content (AvgIpc) is 2.61. The Balaban J connectivity index is 2.58. The summed E-state index contributed by atoms with van der Waals surface area (Å²) in [6.45, 7) is 0. The van der Waals surface area contributed by atoms with Gasteiger partial charge in [-0.2, -0.15) is 9.62 Å².